The molecule has 0 aliphatic rings. The average molecular weight is 370 g/mol. The molecule has 6 rings (SSSR count). The van der Waals surface area contributed by atoms with Crippen molar-refractivity contribution in [1.82, 2.24) is 9.97 Å². The van der Waals surface area contributed by atoms with Crippen LogP contribution in [0.1, 0.15) is 0 Å². The second kappa shape index (κ2) is 6.32. The molecule has 0 spiro atoms. The van der Waals surface area contributed by atoms with Gasteiger partial charge in [0, 0.05) is 16.3 Å². The van der Waals surface area contributed by atoms with Crippen molar-refractivity contribution in [1.29, 1.82) is 0 Å². The number of nitrogens with one attached hydrogen (secondary N) is 1. The lowest BCUT2D eigenvalue weighted by Gasteiger charge is -2.07. The molecule has 0 radical (unpaired) electrons. The number of aromatic amines is 1. The highest BCUT2D eigenvalue weighted by Crippen LogP contribution is 2.37. The van der Waals surface area contributed by atoms with E-state index in [1.54, 1.807) is 0 Å². The normalized spacial score (nSPS) is 11.4. The van der Waals surface area contributed by atoms with Gasteiger partial charge in [-0.1, -0.05) is 103 Å². The van der Waals surface area contributed by atoms with E-state index < -0.39 is 0 Å². The first kappa shape index (κ1) is 16.1. The van der Waals surface area contributed by atoms with Crippen LogP contribution in [0.15, 0.2) is 103 Å². The number of benzene rings is 5. The summed E-state index contributed by atoms with van der Waals surface area (Å²) in [6, 6.07) is 36.0. The van der Waals surface area contributed by atoms with Gasteiger partial charge < -0.3 is 4.98 Å². The fourth-order valence-corrected chi connectivity index (χ4v) is 4.31. The zero-order chi connectivity index (χ0) is 19.2. The largest absolute Gasteiger partial charge is 0.337 e. The third kappa shape index (κ3) is 2.46. The third-order valence-electron chi connectivity index (χ3n) is 5.64. The van der Waals surface area contributed by atoms with Crippen molar-refractivity contribution in [2.24, 2.45) is 0 Å². The highest BCUT2D eigenvalue weighted by atomic mass is 14.9. The average Bonchev–Trinajstić information content (AvgIpc) is 3.26. The minimum atomic E-state index is 0.904. The van der Waals surface area contributed by atoms with E-state index in [2.05, 4.69) is 102 Å². The van der Waals surface area contributed by atoms with E-state index in [1.165, 1.54) is 32.7 Å². The van der Waals surface area contributed by atoms with E-state index in [1.807, 2.05) is 6.07 Å². The van der Waals surface area contributed by atoms with Crippen LogP contribution in [0, 0.1) is 0 Å². The summed E-state index contributed by atoms with van der Waals surface area (Å²) in [7, 11) is 0. The maximum absolute atomic E-state index is 5.09. The molecule has 1 N–H and O–H groups in total. The maximum atomic E-state index is 5.09. The summed E-state index contributed by atoms with van der Waals surface area (Å²) in [5, 5.41) is 4.88. The molecular weight excluding hydrogens is 352 g/mol. The molecule has 0 saturated carbocycles. The van der Waals surface area contributed by atoms with Crippen LogP contribution < -0.4 is 0 Å². The van der Waals surface area contributed by atoms with Crippen LogP contribution >= 0.6 is 0 Å². The molecule has 0 aliphatic carbocycles. The van der Waals surface area contributed by atoms with Gasteiger partial charge in [-0.2, -0.15) is 0 Å². The van der Waals surface area contributed by atoms with Crippen LogP contribution in [0.25, 0.3) is 55.1 Å². The van der Waals surface area contributed by atoms with Gasteiger partial charge in [0.15, 0.2) is 0 Å². The minimum Gasteiger partial charge on any atom is -0.337 e. The van der Waals surface area contributed by atoms with E-state index in [9.17, 15) is 0 Å². The number of hydrogen-bond donors (Lipinski definition) is 1. The highest BCUT2D eigenvalue weighted by molar-refractivity contribution is 6.23. The Hall–Kier alpha value is -3.91. The maximum Gasteiger partial charge on any atom is 0.139 e. The van der Waals surface area contributed by atoms with Crippen molar-refractivity contribution < 1.29 is 0 Å². The zero-order valence-corrected chi connectivity index (χ0v) is 15.8. The number of imidazole rings is 1. The number of nitrogens with zero attached hydrogens (tertiary/aromatic N) is 1. The monoisotopic (exact) mass is 370 g/mol. The summed E-state index contributed by atoms with van der Waals surface area (Å²) in [6.45, 7) is 0. The Balaban J connectivity index is 1.70. The smallest absolute Gasteiger partial charge is 0.139 e. The van der Waals surface area contributed by atoms with Gasteiger partial charge in [0.2, 0.25) is 0 Å². The van der Waals surface area contributed by atoms with Crippen molar-refractivity contribution in [2.75, 3.05) is 0 Å². The van der Waals surface area contributed by atoms with Gasteiger partial charge in [-0.3, -0.25) is 0 Å². The van der Waals surface area contributed by atoms with Crippen LogP contribution in [-0.4, -0.2) is 9.97 Å². The molecule has 1 heterocycles. The molecule has 2 heteroatoms. The van der Waals surface area contributed by atoms with Gasteiger partial charge >= 0.3 is 0 Å². The number of rotatable bonds is 2. The number of fused-ring (bicyclic) bond motifs is 6. The lowest BCUT2D eigenvalue weighted by molar-refractivity contribution is 1.34. The van der Waals surface area contributed by atoms with Crippen molar-refractivity contribution in [3.63, 3.8) is 0 Å². The minimum absolute atomic E-state index is 0.904. The summed E-state index contributed by atoms with van der Waals surface area (Å²) in [5.41, 5.74) is 5.61. The molecule has 0 bridgehead atoms. The lowest BCUT2D eigenvalue weighted by atomic mass is 9.99. The summed E-state index contributed by atoms with van der Waals surface area (Å²) >= 11 is 0. The topological polar surface area (TPSA) is 28.7 Å². The predicted molar refractivity (Wildman–Crippen MR) is 122 cm³/mol. The lowest BCUT2D eigenvalue weighted by Crippen LogP contribution is -1.86. The summed E-state index contributed by atoms with van der Waals surface area (Å²) in [5.74, 6) is 0.904. The van der Waals surface area contributed by atoms with Crippen LogP contribution in [-0.2, 0) is 0 Å². The van der Waals surface area contributed by atoms with Crippen LogP contribution in [0.4, 0.5) is 0 Å². The molecule has 0 fully saturated rings. The van der Waals surface area contributed by atoms with Gasteiger partial charge in [-0.15, -0.1) is 0 Å². The van der Waals surface area contributed by atoms with Gasteiger partial charge in [-0.05, 0) is 21.9 Å². The second-order valence-corrected chi connectivity index (χ2v) is 7.31. The summed E-state index contributed by atoms with van der Waals surface area (Å²) in [4.78, 5) is 8.74. The van der Waals surface area contributed by atoms with Crippen LogP contribution in [0.3, 0.4) is 0 Å². The molecule has 6 aromatic rings. The Morgan fingerprint density at radius 3 is 1.79 bits per heavy atom. The first-order valence-electron chi connectivity index (χ1n) is 9.84. The second-order valence-electron chi connectivity index (χ2n) is 7.31. The van der Waals surface area contributed by atoms with Crippen molar-refractivity contribution in [3.05, 3.63) is 103 Å². The first-order chi connectivity index (χ1) is 14.4. The molecule has 29 heavy (non-hydrogen) atoms. The highest BCUT2D eigenvalue weighted by Gasteiger charge is 2.15. The van der Waals surface area contributed by atoms with E-state index in [0.717, 1.165) is 22.4 Å². The van der Waals surface area contributed by atoms with E-state index >= 15 is 0 Å². The molecular formula is C27H18N2. The zero-order valence-electron chi connectivity index (χ0n) is 15.8. The van der Waals surface area contributed by atoms with E-state index in [4.69, 9.17) is 4.98 Å². The summed E-state index contributed by atoms with van der Waals surface area (Å²) < 4.78 is 0. The third-order valence-corrected chi connectivity index (χ3v) is 5.64. The van der Waals surface area contributed by atoms with Gasteiger partial charge in [0.05, 0.1) is 11.0 Å². The number of hydrogen-bond acceptors (Lipinski definition) is 1. The molecule has 0 unspecified atom stereocenters. The summed E-state index contributed by atoms with van der Waals surface area (Å²) in [6.07, 6.45) is 0. The Morgan fingerprint density at radius 2 is 1.03 bits per heavy atom. The van der Waals surface area contributed by atoms with E-state index in [-0.39, 0.29) is 0 Å². The number of H-pyrrole nitrogens is 1. The molecule has 1 aromatic heterocycles. The Morgan fingerprint density at radius 1 is 0.483 bits per heavy atom. The first-order valence-corrected chi connectivity index (χ1v) is 9.84. The van der Waals surface area contributed by atoms with Gasteiger partial charge in [-0.25, -0.2) is 4.98 Å². The van der Waals surface area contributed by atoms with Crippen molar-refractivity contribution >= 4 is 32.6 Å². The van der Waals surface area contributed by atoms with Gasteiger partial charge in [0.25, 0.3) is 0 Å². The molecule has 0 saturated heterocycles. The SMILES string of the molecule is c1ccc(-c2ccccc2-c2nc3c4ccccc4c4ccccc4c3[nH]2)cc1. The number of aromatic nitrogens is 2. The Bertz CT molecular complexity index is 1420. The predicted octanol–water partition coefficient (Wildman–Crippen LogP) is 7.20. The molecule has 5 aromatic carbocycles. The molecule has 0 atom stereocenters. The molecule has 136 valence electrons. The van der Waals surface area contributed by atoms with Crippen LogP contribution in [0.5, 0.6) is 0 Å². The van der Waals surface area contributed by atoms with Crippen LogP contribution in [0.2, 0.25) is 0 Å². The quantitative estimate of drug-likeness (QED) is 0.321. The van der Waals surface area contributed by atoms with Gasteiger partial charge in [0.1, 0.15) is 5.82 Å². The molecule has 0 aliphatic heterocycles. The molecule has 0 amide bonds. The Kier molecular flexibility index (Phi) is 3.50. The Labute approximate surface area is 168 Å². The van der Waals surface area contributed by atoms with Crippen molar-refractivity contribution in [2.45, 2.75) is 0 Å². The fourth-order valence-electron chi connectivity index (χ4n) is 4.31. The standard InChI is InChI=1S/C27H18N2/c1-2-10-18(11-3-1)19-12-4-9-17-24(19)27-28-25-22-15-7-5-13-20(22)21-14-6-8-16-23(21)26(25)29-27/h1-17H,(H,28,29). The van der Waals surface area contributed by atoms with E-state index in [0.29, 0.717) is 0 Å². The fraction of sp³-hybridized carbons (Fsp3) is 0. The van der Waals surface area contributed by atoms with Crippen molar-refractivity contribution in [3.8, 4) is 22.5 Å². The molecule has 2 nitrogen and oxygen atoms in total.